The van der Waals surface area contributed by atoms with Crippen LogP contribution in [-0.4, -0.2) is 108 Å². The number of likely N-dealkylation sites (N-methyl/N-ethyl adjacent to an activating group) is 1. The molecular weight excluding hydrogens is 560 g/mol. The minimum absolute atomic E-state index is 0.00518. The maximum absolute atomic E-state index is 13.4. The summed E-state index contributed by atoms with van der Waals surface area (Å²) in [6.07, 6.45) is 3.56. The number of hydrogen-bond acceptors (Lipinski definition) is 11. The zero-order valence-electron chi connectivity index (χ0n) is 22.7. The molecule has 1 aromatic carbocycles. The van der Waals surface area contributed by atoms with E-state index in [2.05, 4.69) is 10.3 Å². The first-order valence-corrected chi connectivity index (χ1v) is 16.6. The molecule has 0 unspecified atom stereocenters. The first kappa shape index (κ1) is 29.0. The molecule has 2 fully saturated rings. The Kier molecular flexibility index (Phi) is 8.28. The van der Waals surface area contributed by atoms with Crippen LogP contribution in [0.15, 0.2) is 46.3 Å². The van der Waals surface area contributed by atoms with Gasteiger partial charge in [0.05, 0.1) is 29.8 Å². The van der Waals surface area contributed by atoms with Crippen molar-refractivity contribution in [1.82, 2.24) is 14.6 Å². The third kappa shape index (κ3) is 6.37. The molecule has 1 spiro atoms. The minimum atomic E-state index is -3.70. The average molecular weight is 597 g/mol. The molecule has 2 atom stereocenters. The number of aromatic nitrogens is 1. The van der Waals surface area contributed by atoms with E-state index in [4.69, 9.17) is 14.2 Å². The van der Waals surface area contributed by atoms with E-state index in [1.165, 1.54) is 22.6 Å². The first-order chi connectivity index (χ1) is 19.0. The van der Waals surface area contributed by atoms with Gasteiger partial charge in [-0.05, 0) is 43.5 Å². The van der Waals surface area contributed by atoms with E-state index in [1.54, 1.807) is 18.2 Å². The van der Waals surface area contributed by atoms with Crippen LogP contribution in [0.1, 0.15) is 19.3 Å². The molecule has 0 bridgehead atoms. The van der Waals surface area contributed by atoms with E-state index in [0.717, 1.165) is 6.26 Å². The zero-order valence-corrected chi connectivity index (χ0v) is 24.3. The third-order valence-corrected chi connectivity index (χ3v) is 10.7. The molecule has 4 heterocycles. The topological polar surface area (TPSA) is 148 Å². The van der Waals surface area contributed by atoms with Gasteiger partial charge in [-0.3, -0.25) is 0 Å². The van der Waals surface area contributed by atoms with Crippen molar-refractivity contribution in [2.75, 3.05) is 64.2 Å². The molecule has 14 heteroatoms. The first-order valence-electron chi connectivity index (χ1n) is 13.3. The van der Waals surface area contributed by atoms with Gasteiger partial charge in [0.15, 0.2) is 9.84 Å². The molecule has 0 aliphatic carbocycles. The van der Waals surface area contributed by atoms with Gasteiger partial charge in [0, 0.05) is 39.0 Å². The Bertz CT molecular complexity index is 1430. The van der Waals surface area contributed by atoms with Crippen LogP contribution >= 0.6 is 0 Å². The van der Waals surface area contributed by atoms with Crippen LogP contribution < -0.4 is 19.7 Å². The predicted molar refractivity (Wildman–Crippen MR) is 147 cm³/mol. The Morgan fingerprint density at radius 3 is 2.70 bits per heavy atom. The summed E-state index contributed by atoms with van der Waals surface area (Å²) < 4.78 is 69.0. The van der Waals surface area contributed by atoms with Crippen LogP contribution in [0.2, 0.25) is 0 Å². The van der Waals surface area contributed by atoms with Crippen molar-refractivity contribution < 1.29 is 36.2 Å². The number of nitrogens with one attached hydrogen (secondary N) is 1. The summed E-state index contributed by atoms with van der Waals surface area (Å²) in [6.45, 7) is 2.63. The van der Waals surface area contributed by atoms with Crippen molar-refractivity contribution in [3.05, 3.63) is 36.5 Å². The molecule has 3 aliphatic heterocycles. The molecule has 2 N–H and O–H groups in total. The highest BCUT2D eigenvalue weighted by Gasteiger charge is 2.45. The number of ether oxygens (including phenoxy) is 3. The largest absolute Gasteiger partial charge is 0.491 e. The molecule has 40 heavy (non-hydrogen) atoms. The van der Waals surface area contributed by atoms with Crippen molar-refractivity contribution >= 4 is 25.5 Å². The number of aliphatic hydroxyl groups excluding tert-OH is 1. The van der Waals surface area contributed by atoms with Crippen LogP contribution in [0, 0.1) is 0 Å². The summed E-state index contributed by atoms with van der Waals surface area (Å²) in [6, 6.07) is 7.82. The predicted octanol–water partition coefficient (Wildman–Crippen LogP) is 0.655. The average Bonchev–Trinajstić information content (AvgIpc) is 3.32. The standard InChI is InChI=1S/C26H36N4O8S2/c1-29-10-11-36-25-24(29)13-23(16-28-25)40(34,35)30-8-6-26(7-9-30)14-19(17-38-26)27-15-20(31)18-37-21-4-3-5-22(12-21)39(2,32)33/h3-5,12-13,16,19-20,27,31H,6-11,14-15,17-18H2,1-2H3/t19-,20+/m1/s1. The van der Waals surface area contributed by atoms with Crippen molar-refractivity contribution in [3.8, 4) is 11.6 Å². The van der Waals surface area contributed by atoms with E-state index in [-0.39, 0.29) is 29.0 Å². The Hall–Kier alpha value is -2.49. The van der Waals surface area contributed by atoms with Gasteiger partial charge in [-0.2, -0.15) is 4.31 Å². The monoisotopic (exact) mass is 596 g/mol. The number of sulfonamides is 1. The molecule has 12 nitrogen and oxygen atoms in total. The highest BCUT2D eigenvalue weighted by atomic mass is 32.2. The van der Waals surface area contributed by atoms with Crippen LogP contribution in [0.4, 0.5) is 5.69 Å². The summed E-state index contributed by atoms with van der Waals surface area (Å²) in [5.74, 6) is 0.819. The second kappa shape index (κ2) is 11.4. The number of aliphatic hydroxyl groups is 1. The highest BCUT2D eigenvalue weighted by molar-refractivity contribution is 7.90. The van der Waals surface area contributed by atoms with E-state index < -0.39 is 31.6 Å². The molecule has 5 rings (SSSR count). The molecule has 220 valence electrons. The van der Waals surface area contributed by atoms with E-state index in [9.17, 15) is 21.9 Å². The molecule has 0 saturated carbocycles. The molecule has 2 aromatic rings. The number of benzene rings is 1. The molecule has 2 saturated heterocycles. The van der Waals surface area contributed by atoms with Crippen molar-refractivity contribution in [2.45, 2.75) is 46.8 Å². The smallest absolute Gasteiger partial charge is 0.244 e. The maximum atomic E-state index is 13.4. The van der Waals surface area contributed by atoms with E-state index in [0.29, 0.717) is 69.4 Å². The van der Waals surface area contributed by atoms with Crippen LogP contribution in [0.5, 0.6) is 11.6 Å². The van der Waals surface area contributed by atoms with Gasteiger partial charge in [0.2, 0.25) is 15.9 Å². The lowest BCUT2D eigenvalue weighted by Gasteiger charge is -2.38. The summed E-state index contributed by atoms with van der Waals surface area (Å²) in [7, 11) is -5.16. The molecule has 0 amide bonds. The summed E-state index contributed by atoms with van der Waals surface area (Å²) in [5.41, 5.74) is 0.267. The summed E-state index contributed by atoms with van der Waals surface area (Å²) in [5, 5.41) is 13.7. The Labute approximate surface area is 235 Å². The highest BCUT2D eigenvalue weighted by Crippen LogP contribution is 2.38. The van der Waals surface area contributed by atoms with Crippen LogP contribution in [0.25, 0.3) is 0 Å². The van der Waals surface area contributed by atoms with Gasteiger partial charge in [-0.25, -0.2) is 21.8 Å². The number of anilines is 1. The van der Waals surface area contributed by atoms with Crippen molar-refractivity contribution in [1.29, 1.82) is 0 Å². The Morgan fingerprint density at radius 1 is 1.18 bits per heavy atom. The third-order valence-electron chi connectivity index (χ3n) is 7.68. The Morgan fingerprint density at radius 2 is 1.95 bits per heavy atom. The number of rotatable bonds is 9. The second-order valence-electron chi connectivity index (χ2n) is 10.7. The van der Waals surface area contributed by atoms with Gasteiger partial charge in [0.1, 0.15) is 35.7 Å². The SMILES string of the molecule is CN1CCOc2ncc(S(=O)(=O)N3CCC4(CC3)C[C@@H](NC[C@H](O)COc3cccc(S(C)(=O)=O)c3)CO4)cc21. The quantitative estimate of drug-likeness (QED) is 0.421. The fourth-order valence-corrected chi connectivity index (χ4v) is 7.37. The number of hydrogen-bond donors (Lipinski definition) is 2. The summed E-state index contributed by atoms with van der Waals surface area (Å²) in [4.78, 5) is 6.49. The fraction of sp³-hybridized carbons (Fsp3) is 0.577. The number of piperidine rings is 1. The number of pyridine rings is 1. The van der Waals surface area contributed by atoms with E-state index >= 15 is 0 Å². The minimum Gasteiger partial charge on any atom is -0.491 e. The summed E-state index contributed by atoms with van der Waals surface area (Å²) >= 11 is 0. The lowest BCUT2D eigenvalue weighted by Crippen LogP contribution is -2.47. The molecule has 3 aliphatic rings. The second-order valence-corrected chi connectivity index (χ2v) is 14.6. The van der Waals surface area contributed by atoms with E-state index in [1.807, 2.05) is 11.9 Å². The van der Waals surface area contributed by atoms with Gasteiger partial charge >= 0.3 is 0 Å². The van der Waals surface area contributed by atoms with Gasteiger partial charge in [-0.1, -0.05) is 6.07 Å². The number of sulfone groups is 1. The zero-order chi connectivity index (χ0) is 28.5. The Balaban J connectivity index is 1.09. The molecule has 0 radical (unpaired) electrons. The normalized spacial score (nSPS) is 22.1. The number of fused-ring (bicyclic) bond motifs is 1. The van der Waals surface area contributed by atoms with Crippen molar-refractivity contribution in [3.63, 3.8) is 0 Å². The lowest BCUT2D eigenvalue weighted by molar-refractivity contribution is -0.0312. The lowest BCUT2D eigenvalue weighted by atomic mass is 9.88. The van der Waals surface area contributed by atoms with Crippen LogP contribution in [0.3, 0.4) is 0 Å². The van der Waals surface area contributed by atoms with Gasteiger partial charge in [0.25, 0.3) is 0 Å². The molecular formula is C26H36N4O8S2. The van der Waals surface area contributed by atoms with Crippen molar-refractivity contribution in [2.24, 2.45) is 0 Å². The molecule has 1 aromatic heterocycles. The van der Waals surface area contributed by atoms with Crippen LogP contribution in [-0.2, 0) is 24.6 Å². The fourth-order valence-electron chi connectivity index (χ4n) is 5.30. The number of nitrogens with zero attached hydrogens (tertiary/aromatic N) is 3. The van der Waals surface area contributed by atoms with Gasteiger partial charge < -0.3 is 29.5 Å². The maximum Gasteiger partial charge on any atom is 0.244 e. The van der Waals surface area contributed by atoms with Gasteiger partial charge in [-0.15, -0.1) is 0 Å².